The van der Waals surface area contributed by atoms with Gasteiger partial charge in [-0.3, -0.25) is 4.79 Å². The molecular formula is C15H28N2O5S. The zero-order chi connectivity index (χ0) is 16.9. The molecule has 7 nitrogen and oxygen atoms in total. The van der Waals surface area contributed by atoms with Crippen molar-refractivity contribution in [3.8, 4) is 0 Å². The molecule has 2 aliphatic rings. The zero-order valence-corrected chi connectivity index (χ0v) is 14.6. The van der Waals surface area contributed by atoms with Gasteiger partial charge in [0.15, 0.2) is 0 Å². The van der Waals surface area contributed by atoms with Crippen LogP contribution in [0.15, 0.2) is 0 Å². The molecule has 0 unspecified atom stereocenters. The highest BCUT2D eigenvalue weighted by Crippen LogP contribution is 2.23. The first-order valence-electron chi connectivity index (χ1n) is 8.39. The molecule has 0 radical (unpaired) electrons. The molecule has 0 aromatic heterocycles. The molecule has 0 bridgehead atoms. The van der Waals surface area contributed by atoms with Crippen molar-refractivity contribution in [1.82, 2.24) is 9.62 Å². The number of rotatable bonds is 6. The molecule has 8 heteroatoms. The largest absolute Gasteiger partial charge is 0.392 e. The average Bonchev–Trinajstić information content (AvgIpc) is 2.53. The molecule has 0 saturated carbocycles. The van der Waals surface area contributed by atoms with Crippen LogP contribution in [-0.2, 0) is 19.6 Å². The van der Waals surface area contributed by atoms with Crippen LogP contribution in [0.2, 0.25) is 0 Å². The van der Waals surface area contributed by atoms with Crippen LogP contribution in [0.4, 0.5) is 0 Å². The first-order chi connectivity index (χ1) is 10.9. The highest BCUT2D eigenvalue weighted by Gasteiger charge is 2.31. The van der Waals surface area contributed by atoms with Crippen LogP contribution in [-0.4, -0.2) is 69.0 Å². The van der Waals surface area contributed by atoms with E-state index in [1.54, 1.807) is 0 Å². The molecule has 2 fully saturated rings. The molecule has 0 spiro atoms. The number of piperidine rings is 1. The van der Waals surface area contributed by atoms with Gasteiger partial charge in [-0.2, -0.15) is 0 Å². The lowest BCUT2D eigenvalue weighted by atomic mass is 9.95. The monoisotopic (exact) mass is 348 g/mol. The van der Waals surface area contributed by atoms with Crippen molar-refractivity contribution in [2.75, 3.05) is 38.6 Å². The van der Waals surface area contributed by atoms with E-state index in [0.717, 1.165) is 25.7 Å². The maximum Gasteiger partial charge on any atom is 0.225 e. The summed E-state index contributed by atoms with van der Waals surface area (Å²) in [6, 6.07) is 0. The first-order valence-corrected chi connectivity index (χ1v) is 10.0. The summed E-state index contributed by atoms with van der Waals surface area (Å²) in [5.74, 6) is 0.135. The first kappa shape index (κ1) is 18.6. The maximum absolute atomic E-state index is 12.6. The van der Waals surface area contributed by atoms with Crippen molar-refractivity contribution in [3.63, 3.8) is 0 Å². The SMILES string of the molecule is C[C@H](O)CNS(=O)(=O)C[C@H]1CCCN(C(=O)C2CCOCC2)C1. The van der Waals surface area contributed by atoms with Crippen LogP contribution in [0, 0.1) is 11.8 Å². The molecule has 2 N–H and O–H groups in total. The number of aliphatic hydroxyl groups excluding tert-OH is 1. The molecule has 0 aromatic rings. The van der Waals surface area contributed by atoms with Crippen LogP contribution < -0.4 is 4.72 Å². The number of hydrogen-bond donors (Lipinski definition) is 2. The van der Waals surface area contributed by atoms with E-state index in [0.29, 0.717) is 26.3 Å². The summed E-state index contributed by atoms with van der Waals surface area (Å²) in [6.07, 6.45) is 2.46. The molecule has 1 amide bonds. The van der Waals surface area contributed by atoms with E-state index in [9.17, 15) is 18.3 Å². The maximum atomic E-state index is 12.6. The summed E-state index contributed by atoms with van der Waals surface area (Å²) in [6.45, 7) is 4.05. The molecule has 2 atom stereocenters. The molecule has 23 heavy (non-hydrogen) atoms. The fourth-order valence-electron chi connectivity index (χ4n) is 3.22. The lowest BCUT2D eigenvalue weighted by molar-refractivity contribution is -0.140. The fraction of sp³-hybridized carbons (Fsp3) is 0.933. The number of aliphatic hydroxyl groups is 1. The van der Waals surface area contributed by atoms with Gasteiger partial charge < -0.3 is 14.7 Å². The fourth-order valence-corrected chi connectivity index (χ4v) is 4.73. The Hall–Kier alpha value is -0.700. The summed E-state index contributed by atoms with van der Waals surface area (Å²) in [5, 5.41) is 9.19. The van der Waals surface area contributed by atoms with Gasteiger partial charge in [-0.25, -0.2) is 13.1 Å². The lowest BCUT2D eigenvalue weighted by Gasteiger charge is -2.35. The lowest BCUT2D eigenvalue weighted by Crippen LogP contribution is -2.46. The standard InChI is InChI=1S/C15H28N2O5S/c1-12(18)9-16-23(20,21)11-13-3-2-6-17(10-13)15(19)14-4-7-22-8-5-14/h12-14,16,18H,2-11H2,1H3/t12-,13-/m0/s1. The average molecular weight is 348 g/mol. The quantitative estimate of drug-likeness (QED) is 0.702. The number of hydrogen-bond acceptors (Lipinski definition) is 5. The molecular weight excluding hydrogens is 320 g/mol. The van der Waals surface area contributed by atoms with Gasteiger partial charge in [-0.15, -0.1) is 0 Å². The van der Waals surface area contributed by atoms with E-state index in [1.807, 2.05) is 4.90 Å². The van der Waals surface area contributed by atoms with E-state index >= 15 is 0 Å². The third-order valence-corrected chi connectivity index (χ3v) is 5.97. The molecule has 2 rings (SSSR count). The number of ether oxygens (including phenoxy) is 1. The third-order valence-electron chi connectivity index (χ3n) is 4.45. The smallest absolute Gasteiger partial charge is 0.225 e. The van der Waals surface area contributed by atoms with Gasteiger partial charge in [-0.05, 0) is 38.5 Å². The number of sulfonamides is 1. The topological polar surface area (TPSA) is 95.9 Å². The Morgan fingerprint density at radius 2 is 2.04 bits per heavy atom. The predicted molar refractivity (Wildman–Crippen MR) is 86.3 cm³/mol. The highest BCUT2D eigenvalue weighted by molar-refractivity contribution is 7.89. The van der Waals surface area contributed by atoms with E-state index in [-0.39, 0.29) is 30.0 Å². The van der Waals surface area contributed by atoms with Gasteiger partial charge in [0.25, 0.3) is 0 Å². The van der Waals surface area contributed by atoms with Crippen molar-refractivity contribution >= 4 is 15.9 Å². The number of nitrogens with zero attached hydrogens (tertiary/aromatic N) is 1. The Morgan fingerprint density at radius 1 is 1.35 bits per heavy atom. The molecule has 2 saturated heterocycles. The Kier molecular flexibility index (Phi) is 6.82. The number of likely N-dealkylation sites (tertiary alicyclic amines) is 1. The van der Waals surface area contributed by atoms with Gasteiger partial charge in [0, 0.05) is 38.8 Å². The Bertz CT molecular complexity index is 488. The summed E-state index contributed by atoms with van der Waals surface area (Å²) in [4.78, 5) is 14.4. The second-order valence-corrected chi connectivity index (χ2v) is 8.51. The molecule has 0 aliphatic carbocycles. The van der Waals surface area contributed by atoms with Crippen molar-refractivity contribution in [2.45, 2.75) is 38.7 Å². The van der Waals surface area contributed by atoms with Crippen LogP contribution in [0.25, 0.3) is 0 Å². The Morgan fingerprint density at radius 3 is 2.70 bits per heavy atom. The van der Waals surface area contributed by atoms with Crippen molar-refractivity contribution in [3.05, 3.63) is 0 Å². The van der Waals surface area contributed by atoms with Crippen molar-refractivity contribution in [1.29, 1.82) is 0 Å². The van der Waals surface area contributed by atoms with E-state index < -0.39 is 16.1 Å². The second-order valence-electron chi connectivity index (χ2n) is 6.66. The normalized spacial score (nSPS) is 25.3. The summed E-state index contributed by atoms with van der Waals surface area (Å²) < 4.78 is 31.8. The van der Waals surface area contributed by atoms with E-state index in [2.05, 4.69) is 4.72 Å². The van der Waals surface area contributed by atoms with Crippen LogP contribution >= 0.6 is 0 Å². The van der Waals surface area contributed by atoms with Gasteiger partial charge in [0.1, 0.15) is 0 Å². The van der Waals surface area contributed by atoms with E-state index in [4.69, 9.17) is 4.74 Å². The summed E-state index contributed by atoms with van der Waals surface area (Å²) in [5.41, 5.74) is 0. The van der Waals surface area contributed by atoms with E-state index in [1.165, 1.54) is 6.92 Å². The van der Waals surface area contributed by atoms with Gasteiger partial charge in [0.2, 0.25) is 15.9 Å². The van der Waals surface area contributed by atoms with Crippen LogP contribution in [0.3, 0.4) is 0 Å². The highest BCUT2D eigenvalue weighted by atomic mass is 32.2. The number of carbonyl (C=O) groups excluding carboxylic acids is 1. The molecule has 134 valence electrons. The minimum Gasteiger partial charge on any atom is -0.392 e. The van der Waals surface area contributed by atoms with Crippen LogP contribution in [0.1, 0.15) is 32.6 Å². The van der Waals surface area contributed by atoms with Crippen LogP contribution in [0.5, 0.6) is 0 Å². The summed E-state index contributed by atoms with van der Waals surface area (Å²) >= 11 is 0. The van der Waals surface area contributed by atoms with Gasteiger partial charge in [0.05, 0.1) is 11.9 Å². The van der Waals surface area contributed by atoms with Crippen molar-refractivity contribution < 1.29 is 23.1 Å². The predicted octanol–water partition coefficient (Wildman–Crippen LogP) is -0.0482. The van der Waals surface area contributed by atoms with Gasteiger partial charge >= 0.3 is 0 Å². The zero-order valence-electron chi connectivity index (χ0n) is 13.7. The molecule has 2 heterocycles. The van der Waals surface area contributed by atoms with Crippen molar-refractivity contribution in [2.24, 2.45) is 11.8 Å². The number of nitrogens with one attached hydrogen (secondary N) is 1. The third kappa shape index (κ3) is 6.02. The minimum atomic E-state index is -3.42. The minimum absolute atomic E-state index is 0.0112. The molecule has 2 aliphatic heterocycles. The van der Waals surface area contributed by atoms with Gasteiger partial charge in [-0.1, -0.05) is 0 Å². The Balaban J connectivity index is 1.86. The number of amides is 1. The molecule has 0 aromatic carbocycles. The summed E-state index contributed by atoms with van der Waals surface area (Å²) in [7, 11) is -3.42. The second kappa shape index (κ2) is 8.41. The number of carbonyl (C=O) groups is 1. The Labute approximate surface area is 138 Å².